The maximum absolute atomic E-state index is 12.6. The molecule has 1 aromatic heterocycles. The maximum Gasteiger partial charge on any atom is 0.252 e. The van der Waals surface area contributed by atoms with Crippen LogP contribution in [0.4, 0.5) is 0 Å². The molecule has 0 aliphatic carbocycles. The molecule has 3 aromatic rings. The largest absolute Gasteiger partial charge is 0.338 e. The first-order chi connectivity index (χ1) is 11.1. The van der Waals surface area contributed by atoms with Crippen LogP contribution in [0, 0.1) is 0 Å². The van der Waals surface area contributed by atoms with Crippen LogP contribution in [-0.2, 0) is 7.05 Å². The molecule has 1 atom stereocenters. The zero-order chi connectivity index (χ0) is 16.2. The summed E-state index contributed by atoms with van der Waals surface area (Å²) >= 11 is 5.97. The minimum atomic E-state index is -0.331. The van der Waals surface area contributed by atoms with E-state index in [9.17, 15) is 4.79 Å². The zero-order valence-corrected chi connectivity index (χ0v) is 13.4. The van der Waals surface area contributed by atoms with Gasteiger partial charge >= 0.3 is 0 Å². The fourth-order valence-corrected chi connectivity index (χ4v) is 2.63. The van der Waals surface area contributed by atoms with Gasteiger partial charge in [0, 0.05) is 30.0 Å². The summed E-state index contributed by atoms with van der Waals surface area (Å²) in [6.45, 7) is 0. The number of rotatable bonds is 4. The van der Waals surface area contributed by atoms with Crippen LogP contribution in [0.5, 0.6) is 0 Å². The fraction of sp³-hybridized carbons (Fsp3) is 0.111. The monoisotopic (exact) mass is 325 g/mol. The number of aromatic nitrogens is 2. The lowest BCUT2D eigenvalue weighted by atomic mass is 10.1. The molecule has 0 aliphatic heterocycles. The van der Waals surface area contributed by atoms with E-state index in [1.165, 1.54) is 0 Å². The van der Waals surface area contributed by atoms with Crippen molar-refractivity contribution in [3.8, 4) is 0 Å². The van der Waals surface area contributed by atoms with Crippen LogP contribution in [0.2, 0.25) is 5.02 Å². The highest BCUT2D eigenvalue weighted by molar-refractivity contribution is 6.30. The average Bonchev–Trinajstić information content (AvgIpc) is 2.99. The van der Waals surface area contributed by atoms with Gasteiger partial charge in [-0.25, -0.2) is 4.98 Å². The van der Waals surface area contributed by atoms with E-state index >= 15 is 0 Å². The van der Waals surface area contributed by atoms with Crippen molar-refractivity contribution in [2.24, 2.45) is 7.05 Å². The average molecular weight is 326 g/mol. The molecule has 0 fully saturated rings. The smallest absolute Gasteiger partial charge is 0.252 e. The Morgan fingerprint density at radius 1 is 1.17 bits per heavy atom. The van der Waals surface area contributed by atoms with Crippen LogP contribution < -0.4 is 5.32 Å². The van der Waals surface area contributed by atoms with Gasteiger partial charge in [0.05, 0.1) is 0 Å². The molecule has 0 aliphatic rings. The number of hydrogen-bond acceptors (Lipinski definition) is 2. The predicted octanol–water partition coefficient (Wildman–Crippen LogP) is 3.59. The van der Waals surface area contributed by atoms with Gasteiger partial charge < -0.3 is 9.88 Å². The molecule has 4 nitrogen and oxygen atoms in total. The lowest BCUT2D eigenvalue weighted by Crippen LogP contribution is -2.31. The number of imidazole rings is 1. The summed E-state index contributed by atoms with van der Waals surface area (Å²) in [5.41, 5.74) is 1.49. The number of nitrogens with one attached hydrogen (secondary N) is 1. The Balaban J connectivity index is 1.94. The van der Waals surface area contributed by atoms with Crippen LogP contribution in [0.1, 0.15) is 27.8 Å². The van der Waals surface area contributed by atoms with Gasteiger partial charge in [0.1, 0.15) is 11.9 Å². The van der Waals surface area contributed by atoms with Crippen molar-refractivity contribution in [1.82, 2.24) is 14.9 Å². The van der Waals surface area contributed by atoms with E-state index in [1.807, 2.05) is 48.1 Å². The summed E-state index contributed by atoms with van der Waals surface area (Å²) < 4.78 is 1.90. The predicted molar refractivity (Wildman–Crippen MR) is 90.4 cm³/mol. The van der Waals surface area contributed by atoms with Gasteiger partial charge in [0.2, 0.25) is 0 Å². The van der Waals surface area contributed by atoms with Gasteiger partial charge in [-0.1, -0.05) is 48.0 Å². The summed E-state index contributed by atoms with van der Waals surface area (Å²) in [4.78, 5) is 17.0. The number of hydrogen-bond donors (Lipinski definition) is 1. The maximum atomic E-state index is 12.6. The molecule has 0 unspecified atom stereocenters. The lowest BCUT2D eigenvalue weighted by molar-refractivity contribution is 0.0941. The van der Waals surface area contributed by atoms with Gasteiger partial charge in [-0.05, 0) is 23.8 Å². The normalized spacial score (nSPS) is 11.9. The molecule has 0 bridgehead atoms. The zero-order valence-electron chi connectivity index (χ0n) is 12.6. The first-order valence-corrected chi connectivity index (χ1v) is 7.61. The Bertz CT molecular complexity index is 814. The second-order valence-corrected chi connectivity index (χ2v) is 5.66. The first kappa shape index (κ1) is 15.3. The Hall–Kier alpha value is -2.59. The van der Waals surface area contributed by atoms with Gasteiger partial charge in [-0.15, -0.1) is 0 Å². The van der Waals surface area contributed by atoms with Crippen molar-refractivity contribution in [2.75, 3.05) is 0 Å². The number of aryl methyl sites for hydroxylation is 1. The molecule has 1 amide bonds. The third kappa shape index (κ3) is 3.43. The molecule has 23 heavy (non-hydrogen) atoms. The van der Waals surface area contributed by atoms with Crippen molar-refractivity contribution < 1.29 is 4.79 Å². The third-order valence-electron chi connectivity index (χ3n) is 3.61. The summed E-state index contributed by atoms with van der Waals surface area (Å²) in [7, 11) is 1.91. The quantitative estimate of drug-likeness (QED) is 0.796. The number of benzene rings is 2. The van der Waals surface area contributed by atoms with E-state index in [0.29, 0.717) is 10.6 Å². The van der Waals surface area contributed by atoms with E-state index < -0.39 is 0 Å². The summed E-state index contributed by atoms with van der Waals surface area (Å²) in [5, 5.41) is 3.57. The van der Waals surface area contributed by atoms with E-state index in [-0.39, 0.29) is 11.9 Å². The van der Waals surface area contributed by atoms with Crippen molar-refractivity contribution >= 4 is 17.5 Å². The SMILES string of the molecule is Cn1ccnc1[C@@H](NC(=O)c1cccc(Cl)c1)c1ccccc1. The van der Waals surface area contributed by atoms with Gasteiger partial charge in [0.15, 0.2) is 0 Å². The van der Waals surface area contributed by atoms with E-state index in [2.05, 4.69) is 10.3 Å². The summed E-state index contributed by atoms with van der Waals surface area (Å²) in [5.74, 6) is 0.580. The Labute approximate surface area is 139 Å². The molecule has 5 heteroatoms. The second-order valence-electron chi connectivity index (χ2n) is 5.22. The van der Waals surface area contributed by atoms with E-state index in [0.717, 1.165) is 11.4 Å². The Morgan fingerprint density at radius 3 is 2.61 bits per heavy atom. The molecular weight excluding hydrogens is 310 g/mol. The molecule has 0 spiro atoms. The Kier molecular flexibility index (Phi) is 4.44. The number of nitrogens with zero attached hydrogens (tertiary/aromatic N) is 2. The molecule has 0 saturated carbocycles. The highest BCUT2D eigenvalue weighted by Crippen LogP contribution is 2.21. The van der Waals surface area contributed by atoms with Gasteiger partial charge in [0.25, 0.3) is 5.91 Å². The van der Waals surface area contributed by atoms with Crippen LogP contribution in [0.15, 0.2) is 67.0 Å². The number of halogens is 1. The number of amides is 1. The van der Waals surface area contributed by atoms with Crippen LogP contribution in [-0.4, -0.2) is 15.5 Å². The van der Waals surface area contributed by atoms with E-state index in [4.69, 9.17) is 11.6 Å². The minimum absolute atomic E-state index is 0.190. The summed E-state index contributed by atoms with van der Waals surface area (Å²) in [6.07, 6.45) is 3.58. The highest BCUT2D eigenvalue weighted by atomic mass is 35.5. The van der Waals surface area contributed by atoms with Crippen molar-refractivity contribution in [3.05, 3.63) is 89.0 Å². The third-order valence-corrected chi connectivity index (χ3v) is 3.85. The Morgan fingerprint density at radius 2 is 1.96 bits per heavy atom. The van der Waals surface area contributed by atoms with Crippen LogP contribution in [0.25, 0.3) is 0 Å². The number of carbonyl (C=O) groups excluding carboxylic acids is 1. The first-order valence-electron chi connectivity index (χ1n) is 7.24. The molecular formula is C18H16ClN3O. The van der Waals surface area contributed by atoms with Gasteiger partial charge in [-0.3, -0.25) is 4.79 Å². The van der Waals surface area contributed by atoms with Crippen molar-refractivity contribution in [3.63, 3.8) is 0 Å². The van der Waals surface area contributed by atoms with Gasteiger partial charge in [-0.2, -0.15) is 0 Å². The second kappa shape index (κ2) is 6.67. The van der Waals surface area contributed by atoms with Crippen LogP contribution >= 0.6 is 11.6 Å². The molecule has 3 rings (SSSR count). The lowest BCUT2D eigenvalue weighted by Gasteiger charge is -2.19. The molecule has 0 radical (unpaired) electrons. The summed E-state index contributed by atoms with van der Waals surface area (Å²) in [6, 6.07) is 16.3. The minimum Gasteiger partial charge on any atom is -0.338 e. The van der Waals surface area contributed by atoms with Crippen LogP contribution in [0.3, 0.4) is 0 Å². The molecule has 2 aromatic carbocycles. The number of carbonyl (C=O) groups is 1. The highest BCUT2D eigenvalue weighted by Gasteiger charge is 2.21. The van der Waals surface area contributed by atoms with Crippen molar-refractivity contribution in [2.45, 2.75) is 6.04 Å². The molecule has 1 N–H and O–H groups in total. The topological polar surface area (TPSA) is 46.9 Å². The molecule has 1 heterocycles. The molecule has 116 valence electrons. The standard InChI is InChI=1S/C18H16ClN3O/c1-22-11-10-20-17(22)16(13-6-3-2-4-7-13)21-18(23)14-8-5-9-15(19)12-14/h2-12,16H,1H3,(H,21,23)/t16-/m0/s1. The van der Waals surface area contributed by atoms with Crippen molar-refractivity contribution in [1.29, 1.82) is 0 Å². The molecule has 0 saturated heterocycles. The fourth-order valence-electron chi connectivity index (χ4n) is 2.44. The van der Waals surface area contributed by atoms with E-state index in [1.54, 1.807) is 30.5 Å².